The molecular formula is C10H12Cu2N2O8. The smallest absolute Gasteiger partial charge is 0.550 e. The number of rotatable bonds is 9. The van der Waals surface area contributed by atoms with E-state index in [0.29, 0.717) is 0 Å². The maximum absolute atomic E-state index is 10.6. The van der Waals surface area contributed by atoms with Crippen molar-refractivity contribution in [3.8, 4) is 0 Å². The molecule has 4 N–H and O–H groups in total. The van der Waals surface area contributed by atoms with Gasteiger partial charge in [0.25, 0.3) is 0 Å². The predicted octanol–water partition coefficient (Wildman–Crippen LogP) is -7.06. The first-order chi connectivity index (χ1) is 8.92. The third-order valence-electron chi connectivity index (χ3n) is 2.83. The molecule has 0 saturated carbocycles. The largest absolute Gasteiger partial charge is 2.00 e. The molecular weight excluding hydrogens is 403 g/mol. The molecule has 0 amide bonds. The Kier molecular flexibility index (Phi) is 11.5. The van der Waals surface area contributed by atoms with E-state index in [-0.39, 0.29) is 34.1 Å². The maximum Gasteiger partial charge on any atom is 2.00 e. The molecule has 0 bridgehead atoms. The van der Waals surface area contributed by atoms with Gasteiger partial charge in [-0.15, -0.1) is 0 Å². The van der Waals surface area contributed by atoms with Crippen LogP contribution in [0.4, 0.5) is 0 Å². The van der Waals surface area contributed by atoms with Gasteiger partial charge in [-0.25, -0.2) is 0 Å². The second-order valence-electron chi connectivity index (χ2n) is 4.51. The van der Waals surface area contributed by atoms with Gasteiger partial charge in [0, 0.05) is 60.6 Å². The number of hydrogen-bond donors (Lipinski definition) is 2. The first kappa shape index (κ1) is 25.8. The second kappa shape index (κ2) is 9.77. The van der Waals surface area contributed by atoms with Gasteiger partial charge in [-0.1, -0.05) is 0 Å². The molecule has 12 heteroatoms. The van der Waals surface area contributed by atoms with Gasteiger partial charge in [0.15, 0.2) is 0 Å². The van der Waals surface area contributed by atoms with Crippen LogP contribution in [0.2, 0.25) is 0 Å². The quantitative estimate of drug-likeness (QED) is 0.339. The van der Waals surface area contributed by atoms with Crippen molar-refractivity contribution in [1.29, 1.82) is 0 Å². The number of nitrogens with two attached hydrogens (primary N) is 2. The minimum absolute atomic E-state index is 0. The molecule has 2 radical (unpaired) electrons. The first-order valence-corrected chi connectivity index (χ1v) is 5.29. The van der Waals surface area contributed by atoms with E-state index in [4.69, 9.17) is 11.5 Å². The molecule has 0 saturated heterocycles. The summed E-state index contributed by atoms with van der Waals surface area (Å²) in [6.45, 7) is 0. The topological polar surface area (TPSA) is 213 Å². The number of carboxylic acids is 4. The third-order valence-corrected chi connectivity index (χ3v) is 2.83. The van der Waals surface area contributed by atoms with E-state index in [0.717, 1.165) is 0 Å². The molecule has 0 spiro atoms. The summed E-state index contributed by atoms with van der Waals surface area (Å²) < 4.78 is 0. The third kappa shape index (κ3) is 7.74. The molecule has 0 fully saturated rings. The molecule has 0 aromatic heterocycles. The van der Waals surface area contributed by atoms with E-state index in [1.807, 2.05) is 0 Å². The van der Waals surface area contributed by atoms with Gasteiger partial charge in [0.05, 0.1) is 0 Å². The summed E-state index contributed by atoms with van der Waals surface area (Å²) in [7, 11) is 0. The molecule has 0 heterocycles. The Morgan fingerprint density at radius 2 is 0.727 bits per heavy atom. The summed E-state index contributed by atoms with van der Waals surface area (Å²) in [4.78, 5) is 42.5. The van der Waals surface area contributed by atoms with Crippen molar-refractivity contribution < 1.29 is 73.7 Å². The molecule has 0 aliphatic carbocycles. The number of hydrogen-bond acceptors (Lipinski definition) is 10. The van der Waals surface area contributed by atoms with E-state index in [9.17, 15) is 39.6 Å². The first-order valence-electron chi connectivity index (χ1n) is 5.29. The zero-order valence-electron chi connectivity index (χ0n) is 10.9. The van der Waals surface area contributed by atoms with Gasteiger partial charge >= 0.3 is 34.1 Å². The Hall–Kier alpha value is -1.16. The summed E-state index contributed by atoms with van der Waals surface area (Å²) in [6.07, 6.45) is -4.73. The maximum atomic E-state index is 10.6. The van der Waals surface area contributed by atoms with Crippen LogP contribution in [0, 0.1) is 0 Å². The Morgan fingerprint density at radius 3 is 0.818 bits per heavy atom. The second-order valence-corrected chi connectivity index (χ2v) is 4.51. The van der Waals surface area contributed by atoms with Gasteiger partial charge < -0.3 is 51.1 Å². The molecule has 0 aromatic rings. The zero-order valence-corrected chi connectivity index (χ0v) is 12.7. The molecule has 0 aliphatic rings. The van der Waals surface area contributed by atoms with Gasteiger partial charge in [-0.2, -0.15) is 0 Å². The van der Waals surface area contributed by atoms with Crippen LogP contribution in [-0.2, 0) is 53.3 Å². The average Bonchev–Trinajstić information content (AvgIpc) is 2.10. The molecule has 0 aliphatic heterocycles. The van der Waals surface area contributed by atoms with E-state index in [1.54, 1.807) is 0 Å². The Balaban J connectivity index is -0.00000180. The van der Waals surface area contributed by atoms with Crippen molar-refractivity contribution in [1.82, 2.24) is 0 Å². The number of carbonyl (C=O) groups is 4. The number of carbonyl (C=O) groups excluding carboxylic acids is 4. The summed E-state index contributed by atoms with van der Waals surface area (Å²) in [5.74, 6) is -7.33. The minimum Gasteiger partial charge on any atom is -0.550 e. The zero-order chi connectivity index (χ0) is 16.1. The Bertz CT molecular complexity index is 371. The van der Waals surface area contributed by atoms with Crippen LogP contribution in [0.25, 0.3) is 0 Å². The van der Waals surface area contributed by atoms with Crippen molar-refractivity contribution in [2.45, 2.75) is 36.8 Å². The normalized spacial score (nSPS) is 10.8. The van der Waals surface area contributed by atoms with Crippen LogP contribution in [0.15, 0.2) is 0 Å². The fraction of sp³-hybridized carbons (Fsp3) is 0.600. The van der Waals surface area contributed by atoms with Crippen molar-refractivity contribution in [2.24, 2.45) is 11.5 Å². The summed E-state index contributed by atoms with van der Waals surface area (Å²) >= 11 is 0. The van der Waals surface area contributed by atoms with E-state index in [2.05, 4.69) is 0 Å². The molecule has 0 unspecified atom stereocenters. The number of aliphatic carboxylic acids is 4. The predicted molar refractivity (Wildman–Crippen MR) is 52.3 cm³/mol. The van der Waals surface area contributed by atoms with Crippen molar-refractivity contribution in [3.05, 3.63) is 0 Å². The molecule has 0 atom stereocenters. The van der Waals surface area contributed by atoms with E-state index >= 15 is 0 Å². The molecule has 22 heavy (non-hydrogen) atoms. The summed E-state index contributed by atoms with van der Waals surface area (Å²) in [5, 5.41) is 42.5. The fourth-order valence-electron chi connectivity index (χ4n) is 1.86. The molecule has 132 valence electrons. The average molecular weight is 415 g/mol. The van der Waals surface area contributed by atoms with E-state index < -0.39 is 60.6 Å². The van der Waals surface area contributed by atoms with Gasteiger partial charge in [0.2, 0.25) is 0 Å². The van der Waals surface area contributed by atoms with Crippen LogP contribution >= 0.6 is 0 Å². The Morgan fingerprint density at radius 1 is 0.591 bits per heavy atom. The summed E-state index contributed by atoms with van der Waals surface area (Å²) in [6, 6.07) is 0. The monoisotopic (exact) mass is 414 g/mol. The molecule has 10 nitrogen and oxygen atoms in total. The van der Waals surface area contributed by atoms with Crippen molar-refractivity contribution in [3.63, 3.8) is 0 Å². The van der Waals surface area contributed by atoms with Crippen LogP contribution in [0.3, 0.4) is 0 Å². The van der Waals surface area contributed by atoms with Gasteiger partial charge in [-0.3, -0.25) is 0 Å². The van der Waals surface area contributed by atoms with Gasteiger partial charge in [-0.05, 0) is 0 Å². The Labute approximate surface area is 146 Å². The SMILES string of the molecule is NC(CC(=O)[O-])(CC(=O)[O-])C(N)(CC(=O)[O-])CC(=O)[O-].[Cu+2].[Cu+2]. The van der Waals surface area contributed by atoms with Crippen LogP contribution in [0.5, 0.6) is 0 Å². The van der Waals surface area contributed by atoms with E-state index in [1.165, 1.54) is 0 Å². The van der Waals surface area contributed by atoms with Gasteiger partial charge in [0.1, 0.15) is 0 Å². The number of carboxylic acid groups (broad SMARTS) is 4. The van der Waals surface area contributed by atoms with Crippen LogP contribution in [-0.4, -0.2) is 35.0 Å². The van der Waals surface area contributed by atoms with Crippen molar-refractivity contribution >= 4 is 23.9 Å². The minimum atomic E-state index is -2.43. The molecule has 0 rings (SSSR count). The standard InChI is InChI=1S/C10H16N2O8.2Cu/c11-9(1-5(13)14,2-6(15)16)10(12,3-7(17)18)4-8(19)20;;/h1-4,11-12H2,(H,13,14)(H,15,16)(H,17,18)(H,19,20);;/q;2*+2/p-4. The summed E-state index contributed by atoms with van der Waals surface area (Å²) in [5.41, 5.74) is 6.20. The fourth-order valence-corrected chi connectivity index (χ4v) is 1.86. The molecule has 0 aromatic carbocycles. The van der Waals surface area contributed by atoms with Crippen LogP contribution in [0.1, 0.15) is 25.7 Å². The van der Waals surface area contributed by atoms with Crippen molar-refractivity contribution in [2.75, 3.05) is 0 Å². The van der Waals surface area contributed by atoms with Crippen LogP contribution < -0.4 is 31.9 Å².